The third-order valence-corrected chi connectivity index (χ3v) is 5.78. The third-order valence-electron chi connectivity index (χ3n) is 5.78. The van der Waals surface area contributed by atoms with Crippen molar-refractivity contribution in [3.05, 3.63) is 34.9 Å². The molecule has 0 aliphatic heterocycles. The zero-order valence-electron chi connectivity index (χ0n) is 14.6. The van der Waals surface area contributed by atoms with Crippen molar-refractivity contribution in [2.24, 2.45) is 23.0 Å². The number of nitrogens with two attached hydrogens (primary N) is 1. The molecule has 0 saturated heterocycles. The molecule has 0 heterocycles. The molecule has 1 aromatic carbocycles. The summed E-state index contributed by atoms with van der Waals surface area (Å²) < 4.78 is 0. The molecule has 1 fully saturated rings. The molecule has 0 radical (unpaired) electrons. The van der Waals surface area contributed by atoms with Crippen LogP contribution >= 0.6 is 0 Å². The normalized spacial score (nSPS) is 24.9. The Hall–Kier alpha value is -0.820. The Balaban J connectivity index is 2.07. The molecular weight excluding hydrogens is 254 g/mol. The maximum atomic E-state index is 6.14. The Kier molecular flexibility index (Phi) is 5.14. The molecular formula is C20H33N. The van der Waals surface area contributed by atoms with Gasteiger partial charge in [0, 0.05) is 0 Å². The van der Waals surface area contributed by atoms with E-state index in [1.54, 1.807) is 0 Å². The van der Waals surface area contributed by atoms with E-state index in [1.807, 2.05) is 0 Å². The van der Waals surface area contributed by atoms with Crippen LogP contribution in [0.25, 0.3) is 0 Å². The number of benzene rings is 1. The van der Waals surface area contributed by atoms with Crippen molar-refractivity contribution < 1.29 is 0 Å². The molecule has 0 amide bonds. The van der Waals surface area contributed by atoms with Crippen LogP contribution in [0.15, 0.2) is 18.2 Å². The smallest absolute Gasteiger partial charge is 0.000556 e. The van der Waals surface area contributed by atoms with E-state index in [4.69, 9.17) is 5.73 Å². The highest BCUT2D eigenvalue weighted by Gasteiger charge is 2.32. The summed E-state index contributed by atoms with van der Waals surface area (Å²) in [6.45, 7) is 12.4. The van der Waals surface area contributed by atoms with E-state index in [9.17, 15) is 0 Å². The first-order valence-electron chi connectivity index (χ1n) is 8.60. The number of rotatable bonds is 3. The van der Waals surface area contributed by atoms with Crippen LogP contribution in [-0.4, -0.2) is 6.54 Å². The number of hydrogen-bond donors (Lipinski definition) is 1. The average molecular weight is 287 g/mol. The van der Waals surface area contributed by atoms with Crippen LogP contribution < -0.4 is 5.73 Å². The summed E-state index contributed by atoms with van der Waals surface area (Å²) in [6, 6.07) is 6.92. The van der Waals surface area contributed by atoms with Crippen LogP contribution in [0.3, 0.4) is 0 Å². The van der Waals surface area contributed by atoms with E-state index in [0.29, 0.717) is 11.3 Å². The lowest BCUT2D eigenvalue weighted by Crippen LogP contribution is -2.30. The minimum Gasteiger partial charge on any atom is -0.330 e. The lowest BCUT2D eigenvalue weighted by Gasteiger charge is -2.39. The van der Waals surface area contributed by atoms with Gasteiger partial charge < -0.3 is 5.73 Å². The Morgan fingerprint density at radius 3 is 2.14 bits per heavy atom. The zero-order chi connectivity index (χ0) is 15.6. The average Bonchev–Trinajstić information content (AvgIpc) is 2.43. The quantitative estimate of drug-likeness (QED) is 0.812. The van der Waals surface area contributed by atoms with Gasteiger partial charge in [-0.1, -0.05) is 39.0 Å². The Bertz CT molecular complexity index is 461. The fourth-order valence-corrected chi connectivity index (χ4v) is 3.98. The van der Waals surface area contributed by atoms with E-state index in [-0.39, 0.29) is 0 Å². The van der Waals surface area contributed by atoms with Crippen molar-refractivity contribution in [2.45, 2.75) is 66.2 Å². The third kappa shape index (κ3) is 3.88. The molecule has 0 bridgehead atoms. The van der Waals surface area contributed by atoms with Gasteiger partial charge in [0.25, 0.3) is 0 Å². The molecule has 1 heteroatoms. The molecule has 1 unspecified atom stereocenters. The maximum Gasteiger partial charge on any atom is -0.000556 e. The van der Waals surface area contributed by atoms with Gasteiger partial charge >= 0.3 is 0 Å². The van der Waals surface area contributed by atoms with Crippen molar-refractivity contribution in [3.8, 4) is 0 Å². The summed E-state index contributed by atoms with van der Waals surface area (Å²) in [7, 11) is 0. The van der Waals surface area contributed by atoms with Gasteiger partial charge in [-0.25, -0.2) is 0 Å². The SMILES string of the molecule is Cc1ccc(C(CN)C2CCC(C(C)(C)C)CC2)cc1C. The fourth-order valence-electron chi connectivity index (χ4n) is 3.98. The molecule has 2 N–H and O–H groups in total. The molecule has 1 nitrogen and oxygen atoms in total. The lowest BCUT2D eigenvalue weighted by atomic mass is 9.66. The monoisotopic (exact) mass is 287 g/mol. The second-order valence-corrected chi connectivity index (χ2v) is 8.16. The van der Waals surface area contributed by atoms with Gasteiger partial charge in [0.2, 0.25) is 0 Å². The second-order valence-electron chi connectivity index (χ2n) is 8.16. The topological polar surface area (TPSA) is 26.0 Å². The van der Waals surface area contributed by atoms with Crippen molar-refractivity contribution in [1.29, 1.82) is 0 Å². The van der Waals surface area contributed by atoms with Gasteiger partial charge in [-0.3, -0.25) is 0 Å². The summed E-state index contributed by atoms with van der Waals surface area (Å²) in [5, 5.41) is 0. The molecule has 118 valence electrons. The lowest BCUT2D eigenvalue weighted by molar-refractivity contribution is 0.140. The van der Waals surface area contributed by atoms with Crippen molar-refractivity contribution >= 4 is 0 Å². The molecule has 0 aromatic heterocycles. The summed E-state index contributed by atoms with van der Waals surface area (Å²) in [5.74, 6) is 2.20. The molecule has 1 aliphatic carbocycles. The van der Waals surface area contributed by atoms with Crippen LogP contribution in [0, 0.1) is 31.1 Å². The van der Waals surface area contributed by atoms with E-state index in [2.05, 4.69) is 52.8 Å². The first kappa shape index (κ1) is 16.5. The predicted octanol–water partition coefficient (Wildman–Crippen LogP) is 5.20. The molecule has 1 aliphatic rings. The molecule has 1 saturated carbocycles. The van der Waals surface area contributed by atoms with Crippen molar-refractivity contribution in [1.82, 2.24) is 0 Å². The summed E-state index contributed by atoms with van der Waals surface area (Å²) in [6.07, 6.45) is 5.43. The summed E-state index contributed by atoms with van der Waals surface area (Å²) in [5.41, 5.74) is 10.8. The van der Waals surface area contributed by atoms with Crippen LogP contribution in [-0.2, 0) is 0 Å². The predicted molar refractivity (Wildman–Crippen MR) is 92.6 cm³/mol. The van der Waals surface area contributed by atoms with Gasteiger partial charge in [-0.05, 0) is 85.9 Å². The first-order chi connectivity index (χ1) is 9.82. The minimum absolute atomic E-state index is 0.462. The van der Waals surface area contributed by atoms with Crippen molar-refractivity contribution in [3.63, 3.8) is 0 Å². The van der Waals surface area contributed by atoms with Gasteiger partial charge in [0.05, 0.1) is 0 Å². The number of aryl methyl sites for hydroxylation is 2. The van der Waals surface area contributed by atoms with Crippen LogP contribution in [0.2, 0.25) is 0 Å². The van der Waals surface area contributed by atoms with Gasteiger partial charge in [0.1, 0.15) is 0 Å². The van der Waals surface area contributed by atoms with E-state index < -0.39 is 0 Å². The maximum absolute atomic E-state index is 6.14. The Morgan fingerprint density at radius 1 is 1.05 bits per heavy atom. The highest BCUT2D eigenvalue weighted by Crippen LogP contribution is 2.44. The molecule has 21 heavy (non-hydrogen) atoms. The van der Waals surface area contributed by atoms with Crippen LogP contribution in [0.5, 0.6) is 0 Å². The largest absolute Gasteiger partial charge is 0.330 e. The van der Waals surface area contributed by atoms with E-state index in [0.717, 1.165) is 18.4 Å². The van der Waals surface area contributed by atoms with E-state index in [1.165, 1.54) is 42.4 Å². The standard InChI is InChI=1S/C20H33N/c1-14-6-7-17(12-15(14)2)19(13-21)16-8-10-18(11-9-16)20(3,4)5/h6-7,12,16,18-19H,8-11,13,21H2,1-5H3. The highest BCUT2D eigenvalue weighted by atomic mass is 14.6. The molecule has 2 rings (SSSR count). The molecule has 1 atom stereocenters. The molecule has 1 aromatic rings. The second kappa shape index (κ2) is 6.52. The summed E-state index contributed by atoms with van der Waals surface area (Å²) >= 11 is 0. The van der Waals surface area contributed by atoms with E-state index >= 15 is 0 Å². The Labute approximate surface area is 131 Å². The highest BCUT2D eigenvalue weighted by molar-refractivity contribution is 5.32. The van der Waals surface area contributed by atoms with Crippen LogP contribution in [0.4, 0.5) is 0 Å². The fraction of sp³-hybridized carbons (Fsp3) is 0.700. The minimum atomic E-state index is 0.462. The van der Waals surface area contributed by atoms with Gasteiger partial charge in [-0.2, -0.15) is 0 Å². The number of hydrogen-bond acceptors (Lipinski definition) is 1. The van der Waals surface area contributed by atoms with Crippen LogP contribution in [0.1, 0.15) is 69.1 Å². The molecule has 0 spiro atoms. The van der Waals surface area contributed by atoms with Gasteiger partial charge in [-0.15, -0.1) is 0 Å². The van der Waals surface area contributed by atoms with Gasteiger partial charge in [0.15, 0.2) is 0 Å². The zero-order valence-corrected chi connectivity index (χ0v) is 14.6. The summed E-state index contributed by atoms with van der Waals surface area (Å²) in [4.78, 5) is 0. The first-order valence-corrected chi connectivity index (χ1v) is 8.60. The Morgan fingerprint density at radius 2 is 1.67 bits per heavy atom. The van der Waals surface area contributed by atoms with Crippen molar-refractivity contribution in [2.75, 3.05) is 6.54 Å².